The Morgan fingerprint density at radius 1 is 1.26 bits per heavy atom. The van der Waals surface area contributed by atoms with Crippen molar-refractivity contribution in [1.82, 2.24) is 9.47 Å². The van der Waals surface area contributed by atoms with Gasteiger partial charge in [-0.25, -0.2) is 4.39 Å². The fourth-order valence-electron chi connectivity index (χ4n) is 3.10. The van der Waals surface area contributed by atoms with Crippen LogP contribution in [-0.2, 0) is 9.59 Å². The van der Waals surface area contributed by atoms with Gasteiger partial charge in [0.1, 0.15) is 5.82 Å². The molecule has 1 atom stereocenters. The largest absolute Gasteiger partial charge is 0.368 e. The van der Waals surface area contributed by atoms with E-state index >= 15 is 0 Å². The third-order valence-corrected chi connectivity index (χ3v) is 4.40. The van der Waals surface area contributed by atoms with Gasteiger partial charge in [0.05, 0.1) is 24.0 Å². The normalized spacial score (nSPS) is 17.4. The zero-order chi connectivity index (χ0) is 19.4. The van der Waals surface area contributed by atoms with Crippen molar-refractivity contribution in [3.05, 3.63) is 65.2 Å². The van der Waals surface area contributed by atoms with E-state index in [0.29, 0.717) is 12.2 Å². The number of anilines is 1. The zero-order valence-electron chi connectivity index (χ0n) is 14.6. The topological polar surface area (TPSA) is 97.4 Å². The molecule has 1 aliphatic rings. The summed E-state index contributed by atoms with van der Waals surface area (Å²) in [6.45, 7) is 0.499. The van der Waals surface area contributed by atoms with Crippen LogP contribution >= 0.6 is 0 Å². The number of primary amides is 1. The number of benzene rings is 1. The number of likely N-dealkylation sites (tertiary alicyclic amines) is 1. The SMILES string of the molecule is NC(=O)C1[CH]CCCN1CC(=O)Nc1ccc(-n2ccccc2=O)cc1F. The fraction of sp³-hybridized carbons (Fsp3) is 0.263. The highest BCUT2D eigenvalue weighted by Crippen LogP contribution is 2.19. The van der Waals surface area contributed by atoms with Crippen LogP contribution in [0, 0.1) is 12.2 Å². The summed E-state index contributed by atoms with van der Waals surface area (Å²) >= 11 is 0. The average molecular weight is 371 g/mol. The second kappa shape index (κ2) is 8.13. The molecule has 3 N–H and O–H groups in total. The van der Waals surface area contributed by atoms with Gasteiger partial charge in [-0.1, -0.05) is 6.07 Å². The van der Waals surface area contributed by atoms with Crippen molar-refractivity contribution in [2.24, 2.45) is 5.73 Å². The Hall–Kier alpha value is -3.00. The van der Waals surface area contributed by atoms with E-state index in [4.69, 9.17) is 5.73 Å². The maximum absolute atomic E-state index is 14.4. The maximum Gasteiger partial charge on any atom is 0.255 e. The number of nitrogens with one attached hydrogen (secondary N) is 1. The highest BCUT2D eigenvalue weighted by atomic mass is 19.1. The van der Waals surface area contributed by atoms with Gasteiger partial charge in [-0.3, -0.25) is 23.9 Å². The second-order valence-electron chi connectivity index (χ2n) is 6.32. The van der Waals surface area contributed by atoms with Gasteiger partial charge in [-0.2, -0.15) is 0 Å². The Kier molecular flexibility index (Phi) is 5.66. The van der Waals surface area contributed by atoms with E-state index in [9.17, 15) is 18.8 Å². The number of piperidine rings is 1. The molecular weight excluding hydrogens is 351 g/mol. The molecule has 0 spiro atoms. The Morgan fingerprint density at radius 2 is 2.07 bits per heavy atom. The van der Waals surface area contributed by atoms with Crippen LogP contribution in [0.3, 0.4) is 0 Å². The van der Waals surface area contributed by atoms with Crippen molar-refractivity contribution in [1.29, 1.82) is 0 Å². The molecule has 27 heavy (non-hydrogen) atoms. The van der Waals surface area contributed by atoms with Crippen LogP contribution in [-0.4, -0.2) is 40.4 Å². The Labute approximate surface area is 155 Å². The van der Waals surface area contributed by atoms with E-state index < -0.39 is 23.7 Å². The molecule has 1 aromatic heterocycles. The number of amides is 2. The van der Waals surface area contributed by atoms with E-state index in [1.54, 1.807) is 29.5 Å². The molecule has 0 saturated carbocycles. The molecule has 2 aromatic rings. The monoisotopic (exact) mass is 371 g/mol. The predicted octanol–water partition coefficient (Wildman–Crippen LogP) is 1.07. The van der Waals surface area contributed by atoms with E-state index in [0.717, 1.165) is 12.8 Å². The molecule has 2 amide bonds. The summed E-state index contributed by atoms with van der Waals surface area (Å²) < 4.78 is 15.7. The summed E-state index contributed by atoms with van der Waals surface area (Å²) in [5, 5.41) is 2.50. The van der Waals surface area contributed by atoms with Gasteiger partial charge in [-0.15, -0.1) is 0 Å². The molecule has 1 radical (unpaired) electrons. The highest BCUT2D eigenvalue weighted by molar-refractivity contribution is 5.93. The number of hydrogen-bond donors (Lipinski definition) is 2. The lowest BCUT2D eigenvalue weighted by Gasteiger charge is -2.32. The standard InChI is InChI=1S/C19H20FN4O3/c20-14-11-13(24-10-4-2-6-18(24)26)7-8-15(14)22-17(25)12-23-9-3-1-5-16(23)19(21)27/h2,4-8,10-11,16H,1,3,9,12H2,(H2,21,27)(H,22,25). The Morgan fingerprint density at radius 3 is 2.78 bits per heavy atom. The molecule has 3 rings (SSSR count). The molecule has 1 unspecified atom stereocenters. The third-order valence-electron chi connectivity index (χ3n) is 4.40. The lowest BCUT2D eigenvalue weighted by Crippen LogP contribution is -2.50. The number of carbonyl (C=O) groups is 2. The molecule has 1 aromatic carbocycles. The number of hydrogen-bond acceptors (Lipinski definition) is 4. The first-order chi connectivity index (χ1) is 13.0. The smallest absolute Gasteiger partial charge is 0.255 e. The van der Waals surface area contributed by atoms with Crippen molar-refractivity contribution < 1.29 is 14.0 Å². The van der Waals surface area contributed by atoms with Crippen LogP contribution < -0.4 is 16.6 Å². The molecule has 8 heteroatoms. The molecule has 1 fully saturated rings. The predicted molar refractivity (Wildman–Crippen MR) is 98.7 cm³/mol. The lowest BCUT2D eigenvalue weighted by molar-refractivity contribution is -0.124. The molecular formula is C19H20FN4O3. The van der Waals surface area contributed by atoms with Crippen molar-refractivity contribution in [3.63, 3.8) is 0 Å². The Balaban J connectivity index is 1.70. The van der Waals surface area contributed by atoms with Crippen molar-refractivity contribution in [2.75, 3.05) is 18.4 Å². The second-order valence-corrected chi connectivity index (χ2v) is 6.32. The minimum absolute atomic E-state index is 0.00402. The highest BCUT2D eigenvalue weighted by Gasteiger charge is 2.28. The maximum atomic E-state index is 14.4. The summed E-state index contributed by atoms with van der Waals surface area (Å²) in [5.41, 5.74) is 5.44. The summed E-state index contributed by atoms with van der Waals surface area (Å²) in [5.74, 6) is -1.61. The summed E-state index contributed by atoms with van der Waals surface area (Å²) in [6, 6.07) is 8.16. The van der Waals surface area contributed by atoms with Crippen LogP contribution in [0.4, 0.5) is 10.1 Å². The van der Waals surface area contributed by atoms with Gasteiger partial charge in [0.25, 0.3) is 5.56 Å². The Bertz CT molecular complexity index is 912. The van der Waals surface area contributed by atoms with Crippen LogP contribution in [0.15, 0.2) is 47.4 Å². The van der Waals surface area contributed by atoms with Crippen LogP contribution in [0.25, 0.3) is 5.69 Å². The summed E-state index contributed by atoms with van der Waals surface area (Å²) in [7, 11) is 0. The van der Waals surface area contributed by atoms with Crippen molar-refractivity contribution >= 4 is 17.5 Å². The van der Waals surface area contributed by atoms with Crippen LogP contribution in [0.1, 0.15) is 12.8 Å². The van der Waals surface area contributed by atoms with Gasteiger partial charge in [0.2, 0.25) is 11.8 Å². The molecule has 2 heterocycles. The van der Waals surface area contributed by atoms with E-state index in [1.807, 2.05) is 0 Å². The first-order valence-corrected chi connectivity index (χ1v) is 8.60. The number of rotatable bonds is 5. The molecule has 0 aliphatic carbocycles. The van der Waals surface area contributed by atoms with E-state index in [-0.39, 0.29) is 17.8 Å². The van der Waals surface area contributed by atoms with Crippen molar-refractivity contribution in [2.45, 2.75) is 18.9 Å². The third kappa shape index (κ3) is 4.40. The number of nitrogens with zero attached hydrogens (tertiary/aromatic N) is 2. The molecule has 0 bridgehead atoms. The van der Waals surface area contributed by atoms with Gasteiger partial charge in [-0.05, 0) is 44.0 Å². The minimum atomic E-state index is -0.659. The molecule has 1 aliphatic heterocycles. The number of halogens is 1. The number of nitrogens with two attached hydrogens (primary N) is 1. The van der Waals surface area contributed by atoms with Gasteiger partial charge >= 0.3 is 0 Å². The molecule has 141 valence electrons. The quantitative estimate of drug-likeness (QED) is 0.822. The van der Waals surface area contributed by atoms with Crippen LogP contribution in [0.5, 0.6) is 0 Å². The number of pyridine rings is 1. The van der Waals surface area contributed by atoms with Crippen molar-refractivity contribution in [3.8, 4) is 5.69 Å². The molecule has 7 nitrogen and oxygen atoms in total. The fourth-order valence-corrected chi connectivity index (χ4v) is 3.10. The number of aromatic nitrogens is 1. The summed E-state index contributed by atoms with van der Waals surface area (Å²) in [4.78, 5) is 37.2. The van der Waals surface area contributed by atoms with Gasteiger partial charge in [0.15, 0.2) is 0 Å². The first kappa shape index (κ1) is 18.8. The van der Waals surface area contributed by atoms with Crippen LogP contribution in [0.2, 0.25) is 0 Å². The summed E-state index contributed by atoms with van der Waals surface area (Å²) in [6.07, 6.45) is 4.91. The van der Waals surface area contributed by atoms with E-state index in [2.05, 4.69) is 5.32 Å². The lowest BCUT2D eigenvalue weighted by atomic mass is 10.0. The zero-order valence-corrected chi connectivity index (χ0v) is 14.6. The number of carbonyl (C=O) groups excluding carboxylic acids is 2. The van der Waals surface area contributed by atoms with E-state index in [1.165, 1.54) is 29.0 Å². The minimum Gasteiger partial charge on any atom is -0.368 e. The first-order valence-electron chi connectivity index (χ1n) is 8.60. The van der Waals surface area contributed by atoms with Gasteiger partial charge < -0.3 is 11.1 Å². The van der Waals surface area contributed by atoms with Gasteiger partial charge in [0, 0.05) is 18.3 Å². The average Bonchev–Trinajstić information content (AvgIpc) is 2.64. The molecule has 1 saturated heterocycles.